The van der Waals surface area contributed by atoms with Gasteiger partial charge < -0.3 is 15.8 Å². The number of amides is 1. The van der Waals surface area contributed by atoms with Crippen LogP contribution >= 0.6 is 0 Å². The monoisotopic (exact) mass is 540 g/mol. The number of ether oxygens (including phenoxy) is 1. The molecule has 8 atom stereocenters. The van der Waals surface area contributed by atoms with E-state index in [0.717, 1.165) is 51.4 Å². The highest BCUT2D eigenvalue weighted by atomic mass is 16.5. The molecule has 220 valence electrons. The van der Waals surface area contributed by atoms with E-state index in [1.54, 1.807) is 12.5 Å². The number of fused-ring (bicyclic) bond motifs is 7. The third kappa shape index (κ3) is 4.09. The molecule has 5 nitrogen and oxygen atoms in total. The van der Waals surface area contributed by atoms with Gasteiger partial charge in [0, 0.05) is 25.4 Å². The Balaban J connectivity index is 1.53. The van der Waals surface area contributed by atoms with Crippen LogP contribution in [-0.2, 0) is 14.3 Å². The molecule has 0 aromatic heterocycles. The molecule has 0 heterocycles. The van der Waals surface area contributed by atoms with E-state index in [1.165, 1.54) is 12.8 Å². The molecule has 1 unspecified atom stereocenters. The van der Waals surface area contributed by atoms with Crippen molar-refractivity contribution in [3.63, 3.8) is 0 Å². The zero-order valence-electron chi connectivity index (χ0n) is 26.2. The maximum Gasteiger partial charge on any atom is 0.302 e. The van der Waals surface area contributed by atoms with Crippen molar-refractivity contribution in [1.82, 2.24) is 5.32 Å². The number of nitrogens with two attached hydrogens (primary N) is 1. The Morgan fingerprint density at radius 1 is 0.949 bits per heavy atom. The smallest absolute Gasteiger partial charge is 0.302 e. The molecule has 0 spiro atoms. The Morgan fingerprint density at radius 2 is 1.64 bits per heavy atom. The second-order valence-corrected chi connectivity index (χ2v) is 16.4. The Morgan fingerprint density at radius 3 is 2.31 bits per heavy atom. The lowest BCUT2D eigenvalue weighted by Gasteiger charge is -2.71. The van der Waals surface area contributed by atoms with Crippen LogP contribution in [-0.4, -0.2) is 31.1 Å². The zero-order chi connectivity index (χ0) is 28.6. The lowest BCUT2D eigenvalue weighted by Crippen LogP contribution is -2.65. The second kappa shape index (κ2) is 9.33. The van der Waals surface area contributed by atoms with E-state index in [4.69, 9.17) is 10.5 Å². The van der Waals surface area contributed by atoms with Crippen LogP contribution in [0.5, 0.6) is 0 Å². The van der Waals surface area contributed by atoms with Gasteiger partial charge in [0.2, 0.25) is 5.91 Å². The highest BCUT2D eigenvalue weighted by Crippen LogP contribution is 2.75. The third-order valence-corrected chi connectivity index (χ3v) is 13.8. The first kappa shape index (κ1) is 29.1. The van der Waals surface area contributed by atoms with Gasteiger partial charge >= 0.3 is 5.97 Å². The van der Waals surface area contributed by atoms with Crippen molar-refractivity contribution < 1.29 is 14.3 Å². The molecule has 0 saturated heterocycles. The van der Waals surface area contributed by atoms with E-state index in [9.17, 15) is 9.59 Å². The second-order valence-electron chi connectivity index (χ2n) is 16.4. The Hall–Kier alpha value is -1.36. The predicted molar refractivity (Wildman–Crippen MR) is 157 cm³/mol. The molecule has 0 aromatic carbocycles. The lowest BCUT2D eigenvalue weighted by atomic mass is 9.33. The van der Waals surface area contributed by atoms with Gasteiger partial charge in [-0.25, -0.2) is 0 Å². The number of carbonyl (C=O) groups excluding carboxylic acids is 2. The van der Waals surface area contributed by atoms with Crippen LogP contribution in [0, 0.1) is 50.2 Å². The Kier molecular flexibility index (Phi) is 6.97. The van der Waals surface area contributed by atoms with Gasteiger partial charge in [-0.2, -0.15) is 0 Å². The van der Waals surface area contributed by atoms with Crippen molar-refractivity contribution in [2.45, 2.75) is 126 Å². The molecular formula is C34H56N2O3. The first-order valence-electron chi connectivity index (χ1n) is 15.9. The van der Waals surface area contributed by atoms with Crippen LogP contribution in [0.3, 0.4) is 0 Å². The maximum atomic E-state index is 13.9. The molecule has 5 heteroatoms. The van der Waals surface area contributed by atoms with Crippen molar-refractivity contribution in [2.75, 3.05) is 13.1 Å². The highest BCUT2D eigenvalue weighted by Gasteiger charge is 2.69. The minimum Gasteiger partial charge on any atom is -0.462 e. The molecule has 5 aliphatic carbocycles. The van der Waals surface area contributed by atoms with E-state index >= 15 is 0 Å². The molecule has 1 amide bonds. The topological polar surface area (TPSA) is 81.4 Å². The van der Waals surface area contributed by atoms with Crippen molar-refractivity contribution >= 4 is 11.9 Å². The molecule has 0 aromatic rings. The first-order chi connectivity index (χ1) is 18.1. The van der Waals surface area contributed by atoms with Gasteiger partial charge in [-0.3, -0.25) is 9.59 Å². The number of hydrogen-bond donors (Lipinski definition) is 2. The molecule has 5 aliphatic rings. The number of hydrogen-bond acceptors (Lipinski definition) is 4. The summed E-state index contributed by atoms with van der Waals surface area (Å²) in [6.45, 7) is 19.9. The summed E-state index contributed by atoms with van der Waals surface area (Å²) in [4.78, 5) is 25.8. The lowest BCUT2D eigenvalue weighted by molar-refractivity contribution is -0.212. The summed E-state index contributed by atoms with van der Waals surface area (Å²) in [5.41, 5.74) is 7.88. The highest BCUT2D eigenvalue weighted by molar-refractivity contribution is 5.84. The summed E-state index contributed by atoms with van der Waals surface area (Å²) < 4.78 is 5.91. The standard InChI is InChI=1S/C34H56N2O3/c1-22(37)39-27-12-13-31(6)25(30(27,4)5)11-14-33(8)26(31)10-9-23-24-21-29(2,3)15-17-34(24,18-16-32(23,33)7)28(38)36-20-19-35/h9,24-27H,10-21,35H2,1-8H3,(H,36,38)/t24-,25-,26?,27-,31-,32+,33+,34-/m0/s1. The Labute approximate surface area is 237 Å². The average Bonchev–Trinajstić information content (AvgIpc) is 2.84. The first-order valence-corrected chi connectivity index (χ1v) is 15.9. The van der Waals surface area contributed by atoms with E-state index in [2.05, 4.69) is 59.9 Å². The summed E-state index contributed by atoms with van der Waals surface area (Å²) in [6.07, 6.45) is 13.5. The van der Waals surface area contributed by atoms with E-state index < -0.39 is 0 Å². The third-order valence-electron chi connectivity index (χ3n) is 13.8. The normalized spacial score (nSPS) is 45.9. The van der Waals surface area contributed by atoms with Gasteiger partial charge in [-0.05, 0) is 104 Å². The molecule has 5 rings (SSSR count). The SMILES string of the molecule is CC(=O)O[C@H]1CC[C@]2(C)C3CC=C4[C@@H]5CC(C)(C)CC[C@]5(C(=O)NCCN)CC[C@@]4(C)[C@]3(C)CC[C@H]2C1(C)C. The van der Waals surface area contributed by atoms with Gasteiger partial charge in [0.25, 0.3) is 0 Å². The van der Waals surface area contributed by atoms with Crippen LogP contribution < -0.4 is 11.1 Å². The van der Waals surface area contributed by atoms with E-state index in [-0.39, 0.29) is 50.5 Å². The van der Waals surface area contributed by atoms with Crippen molar-refractivity contribution in [2.24, 2.45) is 56.0 Å². The van der Waals surface area contributed by atoms with E-state index in [0.29, 0.717) is 30.8 Å². The predicted octanol–water partition coefficient (Wildman–Crippen LogP) is 6.79. The summed E-state index contributed by atoms with van der Waals surface area (Å²) in [7, 11) is 0. The number of allylic oxidation sites excluding steroid dienone is 2. The summed E-state index contributed by atoms with van der Waals surface area (Å²) >= 11 is 0. The average molecular weight is 541 g/mol. The van der Waals surface area contributed by atoms with Gasteiger partial charge in [-0.1, -0.05) is 60.1 Å². The van der Waals surface area contributed by atoms with Gasteiger partial charge in [-0.15, -0.1) is 0 Å². The Bertz CT molecular complexity index is 1050. The van der Waals surface area contributed by atoms with Crippen LogP contribution in [0.4, 0.5) is 0 Å². The molecule has 0 aliphatic heterocycles. The quantitative estimate of drug-likeness (QED) is 0.304. The number of carbonyl (C=O) groups is 2. The van der Waals surface area contributed by atoms with Crippen molar-refractivity contribution in [3.05, 3.63) is 11.6 Å². The number of rotatable bonds is 4. The fraction of sp³-hybridized carbons (Fsp3) is 0.882. The molecule has 39 heavy (non-hydrogen) atoms. The summed E-state index contributed by atoms with van der Waals surface area (Å²) in [5, 5.41) is 3.24. The maximum absolute atomic E-state index is 13.9. The van der Waals surface area contributed by atoms with Gasteiger partial charge in [0.1, 0.15) is 6.10 Å². The minimum atomic E-state index is -0.287. The summed E-state index contributed by atoms with van der Waals surface area (Å²) in [5.74, 6) is 1.57. The van der Waals surface area contributed by atoms with Crippen LogP contribution in [0.1, 0.15) is 120 Å². The van der Waals surface area contributed by atoms with Crippen LogP contribution in [0.15, 0.2) is 11.6 Å². The number of esters is 1. The number of nitrogens with one attached hydrogen (secondary N) is 1. The van der Waals surface area contributed by atoms with Crippen LogP contribution in [0.25, 0.3) is 0 Å². The minimum absolute atomic E-state index is 0.00881. The molecule has 0 radical (unpaired) electrons. The fourth-order valence-corrected chi connectivity index (χ4v) is 11.4. The molecule has 4 fully saturated rings. The van der Waals surface area contributed by atoms with Crippen molar-refractivity contribution in [1.29, 1.82) is 0 Å². The zero-order valence-corrected chi connectivity index (χ0v) is 26.2. The molecular weight excluding hydrogens is 484 g/mol. The fourth-order valence-electron chi connectivity index (χ4n) is 11.4. The van der Waals surface area contributed by atoms with Gasteiger partial charge in [0.15, 0.2) is 0 Å². The molecule has 4 saturated carbocycles. The summed E-state index contributed by atoms with van der Waals surface area (Å²) in [6, 6.07) is 0. The van der Waals surface area contributed by atoms with Gasteiger partial charge in [0.05, 0.1) is 5.41 Å². The molecule has 0 bridgehead atoms. The molecule has 3 N–H and O–H groups in total. The van der Waals surface area contributed by atoms with Crippen molar-refractivity contribution in [3.8, 4) is 0 Å². The van der Waals surface area contributed by atoms with Crippen LogP contribution in [0.2, 0.25) is 0 Å². The van der Waals surface area contributed by atoms with E-state index in [1.807, 2.05) is 0 Å². The largest absolute Gasteiger partial charge is 0.462 e.